The lowest BCUT2D eigenvalue weighted by molar-refractivity contribution is 0.0526. The van der Waals surface area contributed by atoms with Crippen molar-refractivity contribution in [1.29, 1.82) is 0 Å². The van der Waals surface area contributed by atoms with E-state index in [0.29, 0.717) is 12.2 Å². The van der Waals surface area contributed by atoms with Crippen LogP contribution < -0.4 is 5.46 Å². The van der Waals surface area contributed by atoms with Crippen LogP contribution in [0.5, 0.6) is 0 Å². The highest BCUT2D eigenvalue weighted by Gasteiger charge is 2.09. The molecule has 0 aromatic heterocycles. The van der Waals surface area contributed by atoms with E-state index in [1.807, 2.05) is 43.3 Å². The SMILES string of the molecule is [B]c1cccc(-c2cccc(C(=O)OCC)c2)c1C. The molecule has 0 spiro atoms. The molecule has 2 nitrogen and oxygen atoms in total. The van der Waals surface area contributed by atoms with Crippen molar-refractivity contribution < 1.29 is 9.53 Å². The lowest BCUT2D eigenvalue weighted by atomic mass is 9.86. The Hall–Kier alpha value is -2.03. The van der Waals surface area contributed by atoms with Crippen LogP contribution in [0.4, 0.5) is 0 Å². The van der Waals surface area contributed by atoms with Gasteiger partial charge in [-0.1, -0.05) is 41.4 Å². The summed E-state index contributed by atoms with van der Waals surface area (Å²) in [5, 5.41) is 0. The number of esters is 1. The van der Waals surface area contributed by atoms with Crippen molar-refractivity contribution in [1.82, 2.24) is 0 Å². The summed E-state index contributed by atoms with van der Waals surface area (Å²) in [5.74, 6) is -0.300. The van der Waals surface area contributed by atoms with Gasteiger partial charge in [-0.05, 0) is 37.1 Å². The minimum absolute atomic E-state index is 0.300. The molecule has 0 aliphatic carbocycles. The van der Waals surface area contributed by atoms with Crippen LogP contribution >= 0.6 is 0 Å². The third kappa shape index (κ3) is 2.87. The van der Waals surface area contributed by atoms with Gasteiger partial charge in [-0.25, -0.2) is 4.79 Å². The molecular weight excluding hydrogens is 235 g/mol. The molecule has 0 amide bonds. The fourth-order valence-corrected chi connectivity index (χ4v) is 1.99. The Morgan fingerprint density at radius 3 is 2.68 bits per heavy atom. The van der Waals surface area contributed by atoms with E-state index in [4.69, 9.17) is 12.6 Å². The smallest absolute Gasteiger partial charge is 0.338 e. The summed E-state index contributed by atoms with van der Waals surface area (Å²) >= 11 is 0. The molecule has 0 saturated carbocycles. The Morgan fingerprint density at radius 2 is 1.95 bits per heavy atom. The fourth-order valence-electron chi connectivity index (χ4n) is 1.99. The van der Waals surface area contributed by atoms with Crippen molar-refractivity contribution in [2.24, 2.45) is 0 Å². The maximum absolute atomic E-state index is 11.7. The van der Waals surface area contributed by atoms with E-state index < -0.39 is 0 Å². The molecule has 0 N–H and O–H groups in total. The zero-order valence-electron chi connectivity index (χ0n) is 11.1. The van der Waals surface area contributed by atoms with Crippen molar-refractivity contribution in [2.45, 2.75) is 13.8 Å². The van der Waals surface area contributed by atoms with Gasteiger partial charge in [0.1, 0.15) is 7.85 Å². The number of hydrogen-bond acceptors (Lipinski definition) is 2. The number of ether oxygens (including phenoxy) is 1. The molecule has 0 saturated heterocycles. The van der Waals surface area contributed by atoms with Crippen molar-refractivity contribution in [3.8, 4) is 11.1 Å². The first-order valence-corrected chi connectivity index (χ1v) is 6.26. The minimum atomic E-state index is -0.300. The van der Waals surface area contributed by atoms with Crippen LogP contribution in [0.1, 0.15) is 22.8 Å². The van der Waals surface area contributed by atoms with E-state index in [9.17, 15) is 4.79 Å². The monoisotopic (exact) mass is 250 g/mol. The Kier molecular flexibility index (Phi) is 4.05. The summed E-state index contributed by atoms with van der Waals surface area (Å²) in [4.78, 5) is 11.7. The van der Waals surface area contributed by atoms with E-state index in [-0.39, 0.29) is 5.97 Å². The van der Waals surface area contributed by atoms with Gasteiger partial charge in [0, 0.05) is 0 Å². The first-order chi connectivity index (χ1) is 9.13. The van der Waals surface area contributed by atoms with Crippen LogP contribution in [0.2, 0.25) is 0 Å². The largest absolute Gasteiger partial charge is 0.462 e. The number of benzene rings is 2. The molecule has 0 aliphatic heterocycles. The minimum Gasteiger partial charge on any atom is -0.462 e. The van der Waals surface area contributed by atoms with Crippen LogP contribution in [-0.4, -0.2) is 20.4 Å². The molecular formula is C16H15BO2. The highest BCUT2D eigenvalue weighted by atomic mass is 16.5. The van der Waals surface area contributed by atoms with Crippen molar-refractivity contribution >= 4 is 19.3 Å². The number of hydrogen-bond donors (Lipinski definition) is 0. The number of rotatable bonds is 3. The molecule has 0 atom stereocenters. The molecule has 2 rings (SSSR count). The summed E-state index contributed by atoms with van der Waals surface area (Å²) in [5.41, 5.74) is 4.32. The molecule has 3 heteroatoms. The fraction of sp³-hybridized carbons (Fsp3) is 0.188. The number of carbonyl (C=O) groups is 1. The molecule has 0 heterocycles. The van der Waals surface area contributed by atoms with Crippen LogP contribution in [0, 0.1) is 6.92 Å². The third-order valence-electron chi connectivity index (χ3n) is 3.06. The van der Waals surface area contributed by atoms with E-state index in [0.717, 1.165) is 22.2 Å². The maximum Gasteiger partial charge on any atom is 0.338 e. The lowest BCUT2D eigenvalue weighted by Gasteiger charge is -2.10. The third-order valence-corrected chi connectivity index (χ3v) is 3.06. The summed E-state index contributed by atoms with van der Waals surface area (Å²) in [7, 11) is 5.91. The summed E-state index contributed by atoms with van der Waals surface area (Å²) in [6, 6.07) is 13.2. The Bertz CT molecular complexity index is 605. The Balaban J connectivity index is 2.43. The second kappa shape index (κ2) is 5.74. The molecule has 0 unspecified atom stereocenters. The predicted molar refractivity (Wildman–Crippen MR) is 78.0 cm³/mol. The zero-order valence-corrected chi connectivity index (χ0v) is 11.1. The van der Waals surface area contributed by atoms with Gasteiger partial charge in [-0.3, -0.25) is 0 Å². The molecule has 0 bridgehead atoms. The summed E-state index contributed by atoms with van der Waals surface area (Å²) in [6.45, 7) is 4.14. The molecule has 19 heavy (non-hydrogen) atoms. The molecule has 2 radical (unpaired) electrons. The average molecular weight is 250 g/mol. The van der Waals surface area contributed by atoms with Gasteiger partial charge in [0.05, 0.1) is 12.2 Å². The first kappa shape index (κ1) is 13.4. The van der Waals surface area contributed by atoms with E-state index in [1.54, 1.807) is 13.0 Å². The van der Waals surface area contributed by atoms with Gasteiger partial charge >= 0.3 is 5.97 Å². The van der Waals surface area contributed by atoms with Crippen molar-refractivity contribution in [3.63, 3.8) is 0 Å². The second-order valence-corrected chi connectivity index (χ2v) is 4.32. The highest BCUT2D eigenvalue weighted by Crippen LogP contribution is 2.23. The van der Waals surface area contributed by atoms with E-state index >= 15 is 0 Å². The van der Waals surface area contributed by atoms with Gasteiger partial charge < -0.3 is 4.74 Å². The quantitative estimate of drug-likeness (QED) is 0.618. The van der Waals surface area contributed by atoms with Crippen LogP contribution in [-0.2, 0) is 4.74 Å². The van der Waals surface area contributed by atoms with Gasteiger partial charge in [-0.15, -0.1) is 0 Å². The number of carbonyl (C=O) groups excluding carboxylic acids is 1. The zero-order chi connectivity index (χ0) is 13.8. The molecule has 0 fully saturated rings. The maximum atomic E-state index is 11.7. The Morgan fingerprint density at radius 1 is 1.21 bits per heavy atom. The highest BCUT2D eigenvalue weighted by molar-refractivity contribution is 6.33. The van der Waals surface area contributed by atoms with Crippen molar-refractivity contribution in [2.75, 3.05) is 6.61 Å². The van der Waals surface area contributed by atoms with Gasteiger partial charge in [0.25, 0.3) is 0 Å². The first-order valence-electron chi connectivity index (χ1n) is 6.26. The molecule has 2 aromatic carbocycles. The van der Waals surface area contributed by atoms with Gasteiger partial charge in [0.15, 0.2) is 0 Å². The van der Waals surface area contributed by atoms with Crippen LogP contribution in [0.3, 0.4) is 0 Å². The molecule has 94 valence electrons. The average Bonchev–Trinajstić information content (AvgIpc) is 2.42. The second-order valence-electron chi connectivity index (χ2n) is 4.32. The molecule has 2 aromatic rings. The van der Waals surface area contributed by atoms with Gasteiger partial charge in [0.2, 0.25) is 0 Å². The molecule has 0 aliphatic rings. The topological polar surface area (TPSA) is 26.3 Å². The van der Waals surface area contributed by atoms with Crippen LogP contribution in [0.15, 0.2) is 42.5 Å². The van der Waals surface area contributed by atoms with Gasteiger partial charge in [-0.2, -0.15) is 0 Å². The van der Waals surface area contributed by atoms with Crippen molar-refractivity contribution in [3.05, 3.63) is 53.6 Å². The normalized spacial score (nSPS) is 10.2. The predicted octanol–water partition coefficient (Wildman–Crippen LogP) is 2.63. The summed E-state index contributed by atoms with van der Waals surface area (Å²) < 4.78 is 5.01. The van der Waals surface area contributed by atoms with E-state index in [2.05, 4.69) is 0 Å². The lowest BCUT2D eigenvalue weighted by Crippen LogP contribution is -2.08. The van der Waals surface area contributed by atoms with E-state index in [1.165, 1.54) is 0 Å². The Labute approximate surface area is 114 Å². The standard InChI is InChI=1S/C16H15BO2/c1-3-19-16(18)13-7-4-6-12(10-13)14-8-5-9-15(17)11(14)2/h4-10H,3H2,1-2H3. The van der Waals surface area contributed by atoms with Crippen LogP contribution in [0.25, 0.3) is 11.1 Å². The summed E-state index contributed by atoms with van der Waals surface area (Å²) in [6.07, 6.45) is 0.